The number of hydrogen-bond donors (Lipinski definition) is 3. The lowest BCUT2D eigenvalue weighted by molar-refractivity contribution is -0.139. The molecular formula is C21H22N2O5. The summed E-state index contributed by atoms with van der Waals surface area (Å²) >= 11 is 0. The van der Waals surface area contributed by atoms with Gasteiger partial charge in [0.2, 0.25) is 0 Å². The van der Waals surface area contributed by atoms with Gasteiger partial charge in [0, 0.05) is 24.3 Å². The van der Waals surface area contributed by atoms with Gasteiger partial charge in [0.25, 0.3) is 11.8 Å². The van der Waals surface area contributed by atoms with E-state index in [4.69, 9.17) is 4.74 Å². The lowest BCUT2D eigenvalue weighted by Gasteiger charge is -2.15. The van der Waals surface area contributed by atoms with Crippen LogP contribution >= 0.6 is 0 Å². The number of amides is 2. The topological polar surface area (TPSA) is 105 Å². The van der Waals surface area contributed by atoms with E-state index in [1.54, 1.807) is 18.2 Å². The van der Waals surface area contributed by atoms with Crippen LogP contribution in [0.5, 0.6) is 0 Å². The smallest absolute Gasteiger partial charge is 0.326 e. The molecule has 0 aliphatic carbocycles. The van der Waals surface area contributed by atoms with E-state index in [2.05, 4.69) is 10.6 Å². The van der Waals surface area contributed by atoms with Crippen LogP contribution in [-0.2, 0) is 20.7 Å². The standard InChI is InChI=1S/C21H22N2O5/c24-19(23-17(21(26)27)12-14-6-2-1-3-7-14)15-8-4-9-16(13-15)22-20(25)18-10-5-11-28-18/h1-4,6-9,13,17-18H,5,10-12H2,(H,22,25)(H,23,24)(H,26,27)/t17-,18?/m0/s1. The molecule has 1 aliphatic rings. The Hall–Kier alpha value is -3.19. The van der Waals surface area contributed by atoms with Crippen LogP contribution in [0.4, 0.5) is 5.69 Å². The maximum Gasteiger partial charge on any atom is 0.326 e. The molecule has 3 rings (SSSR count). The average molecular weight is 382 g/mol. The SMILES string of the molecule is O=C(N[C@@H](Cc1ccccc1)C(=O)O)c1cccc(NC(=O)C2CCCO2)c1. The van der Waals surface area contributed by atoms with Crippen molar-refractivity contribution in [3.8, 4) is 0 Å². The van der Waals surface area contributed by atoms with E-state index in [1.165, 1.54) is 6.07 Å². The summed E-state index contributed by atoms with van der Waals surface area (Å²) in [6.45, 7) is 0.568. The number of hydrogen-bond acceptors (Lipinski definition) is 4. The third kappa shape index (κ3) is 5.17. The molecule has 1 heterocycles. The second-order valence-corrected chi connectivity index (χ2v) is 6.63. The number of nitrogens with one attached hydrogen (secondary N) is 2. The molecule has 0 aromatic heterocycles. The summed E-state index contributed by atoms with van der Waals surface area (Å²) in [5.41, 5.74) is 1.54. The molecule has 7 nitrogen and oxygen atoms in total. The monoisotopic (exact) mass is 382 g/mol. The highest BCUT2D eigenvalue weighted by atomic mass is 16.5. The Morgan fingerprint density at radius 3 is 2.57 bits per heavy atom. The number of rotatable bonds is 7. The molecule has 146 valence electrons. The summed E-state index contributed by atoms with van der Waals surface area (Å²) < 4.78 is 5.34. The number of carboxylic acid groups (broad SMARTS) is 1. The fourth-order valence-electron chi connectivity index (χ4n) is 3.04. The van der Waals surface area contributed by atoms with Crippen LogP contribution in [0.3, 0.4) is 0 Å². The highest BCUT2D eigenvalue weighted by Crippen LogP contribution is 2.16. The average Bonchev–Trinajstić information content (AvgIpc) is 3.23. The van der Waals surface area contributed by atoms with Crippen LogP contribution in [-0.4, -0.2) is 41.6 Å². The molecule has 0 spiro atoms. The molecule has 2 amide bonds. The Morgan fingerprint density at radius 2 is 1.89 bits per heavy atom. The van der Waals surface area contributed by atoms with Crippen molar-refractivity contribution in [2.75, 3.05) is 11.9 Å². The Morgan fingerprint density at radius 1 is 1.11 bits per heavy atom. The first-order valence-corrected chi connectivity index (χ1v) is 9.13. The van der Waals surface area contributed by atoms with Crippen LogP contribution < -0.4 is 10.6 Å². The van der Waals surface area contributed by atoms with E-state index in [-0.39, 0.29) is 17.9 Å². The quantitative estimate of drug-likeness (QED) is 0.681. The predicted molar refractivity (Wildman–Crippen MR) is 103 cm³/mol. The van der Waals surface area contributed by atoms with Gasteiger partial charge in [-0.1, -0.05) is 36.4 Å². The number of carbonyl (C=O) groups is 3. The van der Waals surface area contributed by atoms with Gasteiger partial charge in [-0.25, -0.2) is 4.79 Å². The van der Waals surface area contributed by atoms with E-state index in [9.17, 15) is 19.5 Å². The van der Waals surface area contributed by atoms with Gasteiger partial charge in [-0.15, -0.1) is 0 Å². The van der Waals surface area contributed by atoms with Crippen molar-refractivity contribution in [2.24, 2.45) is 0 Å². The molecule has 0 bridgehead atoms. The number of anilines is 1. The van der Waals surface area contributed by atoms with Gasteiger partial charge >= 0.3 is 5.97 Å². The lowest BCUT2D eigenvalue weighted by atomic mass is 10.1. The number of aliphatic carboxylic acids is 1. The van der Waals surface area contributed by atoms with Crippen molar-refractivity contribution in [1.82, 2.24) is 5.32 Å². The van der Waals surface area contributed by atoms with E-state index >= 15 is 0 Å². The molecule has 0 radical (unpaired) electrons. The van der Waals surface area contributed by atoms with E-state index in [1.807, 2.05) is 30.3 Å². The first kappa shape index (κ1) is 19.6. The van der Waals surface area contributed by atoms with Crippen molar-refractivity contribution in [1.29, 1.82) is 0 Å². The van der Waals surface area contributed by atoms with Crippen molar-refractivity contribution < 1.29 is 24.2 Å². The lowest BCUT2D eigenvalue weighted by Crippen LogP contribution is -2.42. The van der Waals surface area contributed by atoms with Gasteiger partial charge in [0.1, 0.15) is 12.1 Å². The second kappa shape index (κ2) is 9.14. The van der Waals surface area contributed by atoms with Crippen molar-refractivity contribution in [3.63, 3.8) is 0 Å². The molecular weight excluding hydrogens is 360 g/mol. The molecule has 2 atom stereocenters. The number of carboxylic acids is 1. The molecule has 0 saturated carbocycles. The minimum absolute atomic E-state index is 0.178. The largest absolute Gasteiger partial charge is 0.480 e. The highest BCUT2D eigenvalue weighted by molar-refractivity contribution is 5.99. The van der Waals surface area contributed by atoms with Crippen molar-refractivity contribution >= 4 is 23.5 Å². The third-order valence-electron chi connectivity index (χ3n) is 4.50. The molecule has 2 aromatic rings. The summed E-state index contributed by atoms with van der Waals surface area (Å²) in [5.74, 6) is -1.88. The van der Waals surface area contributed by atoms with Crippen LogP contribution in [0.25, 0.3) is 0 Å². The van der Waals surface area contributed by atoms with E-state index < -0.39 is 24.0 Å². The third-order valence-corrected chi connectivity index (χ3v) is 4.50. The molecule has 1 fully saturated rings. The summed E-state index contributed by atoms with van der Waals surface area (Å²) in [6.07, 6.45) is 1.22. The van der Waals surface area contributed by atoms with Gasteiger partial charge in [0.15, 0.2) is 0 Å². The van der Waals surface area contributed by atoms with Crippen molar-refractivity contribution in [3.05, 3.63) is 65.7 Å². The number of carbonyl (C=O) groups excluding carboxylic acids is 2. The maximum absolute atomic E-state index is 12.5. The molecule has 1 saturated heterocycles. The van der Waals surface area contributed by atoms with Crippen LogP contribution in [0.1, 0.15) is 28.8 Å². The van der Waals surface area contributed by atoms with Gasteiger partial charge in [-0.2, -0.15) is 0 Å². The Bertz CT molecular complexity index is 847. The number of benzene rings is 2. The molecule has 7 heteroatoms. The zero-order valence-electron chi connectivity index (χ0n) is 15.3. The fourth-order valence-corrected chi connectivity index (χ4v) is 3.04. The Labute approximate surface area is 162 Å². The van der Waals surface area contributed by atoms with Gasteiger partial charge < -0.3 is 20.5 Å². The summed E-state index contributed by atoms with van der Waals surface area (Å²) in [4.78, 5) is 36.2. The molecule has 1 aliphatic heterocycles. The van der Waals surface area contributed by atoms with Gasteiger partial charge in [-0.3, -0.25) is 9.59 Å². The van der Waals surface area contributed by atoms with Gasteiger partial charge in [0.05, 0.1) is 0 Å². The van der Waals surface area contributed by atoms with Crippen LogP contribution in [0.2, 0.25) is 0 Å². The highest BCUT2D eigenvalue weighted by Gasteiger charge is 2.24. The molecule has 1 unspecified atom stereocenters. The zero-order chi connectivity index (χ0) is 19.9. The molecule has 3 N–H and O–H groups in total. The Kier molecular flexibility index (Phi) is 6.39. The minimum Gasteiger partial charge on any atom is -0.480 e. The Balaban J connectivity index is 1.65. The first-order chi connectivity index (χ1) is 13.5. The minimum atomic E-state index is -1.11. The summed E-state index contributed by atoms with van der Waals surface area (Å²) in [5, 5.41) is 14.7. The van der Waals surface area contributed by atoms with E-state index in [0.717, 1.165) is 12.0 Å². The first-order valence-electron chi connectivity index (χ1n) is 9.13. The predicted octanol–water partition coefficient (Wildman–Crippen LogP) is 2.23. The molecule has 2 aromatic carbocycles. The summed E-state index contributed by atoms with van der Waals surface area (Å²) in [6, 6.07) is 14.4. The van der Waals surface area contributed by atoms with Gasteiger partial charge in [-0.05, 0) is 36.6 Å². The van der Waals surface area contributed by atoms with Crippen LogP contribution in [0.15, 0.2) is 54.6 Å². The second-order valence-electron chi connectivity index (χ2n) is 6.63. The zero-order valence-corrected chi connectivity index (χ0v) is 15.3. The number of ether oxygens (including phenoxy) is 1. The van der Waals surface area contributed by atoms with E-state index in [0.29, 0.717) is 18.7 Å². The molecule has 28 heavy (non-hydrogen) atoms. The van der Waals surface area contributed by atoms with Crippen molar-refractivity contribution in [2.45, 2.75) is 31.4 Å². The maximum atomic E-state index is 12.5. The van der Waals surface area contributed by atoms with Crippen LogP contribution in [0, 0.1) is 0 Å². The normalized spacial score (nSPS) is 16.9. The fraction of sp³-hybridized carbons (Fsp3) is 0.286. The summed E-state index contributed by atoms with van der Waals surface area (Å²) in [7, 11) is 0.